The van der Waals surface area contributed by atoms with Crippen LogP contribution >= 0.6 is 0 Å². The Labute approximate surface area is 126 Å². The summed E-state index contributed by atoms with van der Waals surface area (Å²) >= 11 is 0. The van der Waals surface area contributed by atoms with E-state index in [-0.39, 0.29) is 5.91 Å². The van der Waals surface area contributed by atoms with Gasteiger partial charge in [0.1, 0.15) is 12.4 Å². The highest BCUT2D eigenvalue weighted by Gasteiger charge is 2.11. The van der Waals surface area contributed by atoms with Crippen LogP contribution in [-0.4, -0.2) is 31.0 Å². The first kappa shape index (κ1) is 15.1. The van der Waals surface area contributed by atoms with Crippen LogP contribution in [0.1, 0.15) is 21.5 Å². The molecule has 0 spiro atoms. The van der Waals surface area contributed by atoms with Gasteiger partial charge in [-0.25, -0.2) is 0 Å². The molecule has 21 heavy (non-hydrogen) atoms. The van der Waals surface area contributed by atoms with Crippen molar-refractivity contribution in [3.05, 3.63) is 65.2 Å². The third kappa shape index (κ3) is 4.35. The zero-order chi connectivity index (χ0) is 15.2. The molecular formula is C18H21NO2. The SMILES string of the molecule is Cc1cccc(OCCN(C)C(=O)c2cccc(C)c2)c1. The topological polar surface area (TPSA) is 29.5 Å². The van der Waals surface area contributed by atoms with E-state index in [4.69, 9.17) is 4.74 Å². The molecule has 2 aromatic carbocycles. The second-order valence-electron chi connectivity index (χ2n) is 5.26. The maximum atomic E-state index is 12.3. The van der Waals surface area contributed by atoms with Gasteiger partial charge in [0, 0.05) is 12.6 Å². The molecular weight excluding hydrogens is 262 g/mol. The molecule has 2 aromatic rings. The van der Waals surface area contributed by atoms with Crippen LogP contribution in [0, 0.1) is 13.8 Å². The lowest BCUT2D eigenvalue weighted by atomic mass is 10.1. The Morgan fingerprint density at radius 3 is 2.38 bits per heavy atom. The van der Waals surface area contributed by atoms with Gasteiger partial charge in [-0.1, -0.05) is 29.8 Å². The van der Waals surface area contributed by atoms with Crippen LogP contribution in [0.3, 0.4) is 0 Å². The van der Waals surface area contributed by atoms with Gasteiger partial charge in [0.2, 0.25) is 0 Å². The van der Waals surface area contributed by atoms with Gasteiger partial charge in [-0.3, -0.25) is 4.79 Å². The molecule has 0 saturated carbocycles. The van der Waals surface area contributed by atoms with Crippen molar-refractivity contribution in [2.24, 2.45) is 0 Å². The summed E-state index contributed by atoms with van der Waals surface area (Å²) < 4.78 is 5.67. The maximum absolute atomic E-state index is 12.3. The summed E-state index contributed by atoms with van der Waals surface area (Å²) in [6.07, 6.45) is 0. The number of benzene rings is 2. The second-order valence-corrected chi connectivity index (χ2v) is 5.26. The van der Waals surface area contributed by atoms with Crippen LogP contribution in [0.25, 0.3) is 0 Å². The summed E-state index contributed by atoms with van der Waals surface area (Å²) in [6.45, 7) is 5.05. The summed E-state index contributed by atoms with van der Waals surface area (Å²) in [5.74, 6) is 0.859. The number of aryl methyl sites for hydroxylation is 2. The second kappa shape index (κ2) is 6.93. The van der Waals surface area contributed by atoms with Gasteiger partial charge in [0.15, 0.2) is 0 Å². The summed E-state index contributed by atoms with van der Waals surface area (Å²) in [6, 6.07) is 15.5. The van der Waals surface area contributed by atoms with Gasteiger partial charge in [-0.2, -0.15) is 0 Å². The molecule has 0 aliphatic rings. The quantitative estimate of drug-likeness (QED) is 0.841. The van der Waals surface area contributed by atoms with Crippen LogP contribution in [0.5, 0.6) is 5.75 Å². The zero-order valence-electron chi connectivity index (χ0n) is 12.8. The molecule has 0 saturated heterocycles. The molecule has 0 unspecified atom stereocenters. The molecule has 0 aromatic heterocycles. The minimum Gasteiger partial charge on any atom is -0.492 e. The maximum Gasteiger partial charge on any atom is 0.253 e. The third-order valence-electron chi connectivity index (χ3n) is 3.30. The Morgan fingerprint density at radius 2 is 1.71 bits per heavy atom. The lowest BCUT2D eigenvalue weighted by Crippen LogP contribution is -2.30. The van der Waals surface area contributed by atoms with E-state index < -0.39 is 0 Å². The van der Waals surface area contributed by atoms with E-state index >= 15 is 0 Å². The van der Waals surface area contributed by atoms with Crippen molar-refractivity contribution < 1.29 is 9.53 Å². The van der Waals surface area contributed by atoms with E-state index in [0.717, 1.165) is 16.9 Å². The number of amides is 1. The van der Waals surface area contributed by atoms with Crippen LogP contribution in [0.15, 0.2) is 48.5 Å². The van der Waals surface area contributed by atoms with Gasteiger partial charge in [0.05, 0.1) is 6.54 Å². The molecule has 0 radical (unpaired) electrons. The minimum atomic E-state index is 0.0199. The van der Waals surface area contributed by atoms with Crippen molar-refractivity contribution >= 4 is 5.91 Å². The first-order valence-electron chi connectivity index (χ1n) is 7.08. The van der Waals surface area contributed by atoms with Gasteiger partial charge in [-0.15, -0.1) is 0 Å². The average molecular weight is 283 g/mol. The minimum absolute atomic E-state index is 0.0199. The molecule has 0 aliphatic heterocycles. The van der Waals surface area contributed by atoms with Crippen LogP contribution in [0.4, 0.5) is 0 Å². The first-order valence-corrected chi connectivity index (χ1v) is 7.08. The largest absolute Gasteiger partial charge is 0.492 e. The molecule has 110 valence electrons. The molecule has 0 N–H and O–H groups in total. The third-order valence-corrected chi connectivity index (χ3v) is 3.30. The van der Waals surface area contributed by atoms with Crippen molar-refractivity contribution in [2.75, 3.05) is 20.2 Å². The lowest BCUT2D eigenvalue weighted by molar-refractivity contribution is 0.0773. The van der Waals surface area contributed by atoms with Gasteiger partial charge in [0.25, 0.3) is 5.91 Å². The zero-order valence-corrected chi connectivity index (χ0v) is 12.8. The van der Waals surface area contributed by atoms with E-state index in [2.05, 4.69) is 0 Å². The molecule has 1 amide bonds. The molecule has 2 rings (SSSR count). The van der Waals surface area contributed by atoms with Gasteiger partial charge in [-0.05, 0) is 43.7 Å². The van der Waals surface area contributed by atoms with Gasteiger partial charge < -0.3 is 9.64 Å². The summed E-state index contributed by atoms with van der Waals surface area (Å²) in [4.78, 5) is 13.9. The number of carbonyl (C=O) groups excluding carboxylic acids is 1. The van der Waals surface area contributed by atoms with Crippen molar-refractivity contribution in [3.8, 4) is 5.75 Å². The Morgan fingerprint density at radius 1 is 1.05 bits per heavy atom. The molecule has 0 bridgehead atoms. The Balaban J connectivity index is 1.87. The first-order chi connectivity index (χ1) is 10.1. The normalized spacial score (nSPS) is 10.2. The van der Waals surface area contributed by atoms with Crippen molar-refractivity contribution in [2.45, 2.75) is 13.8 Å². The van der Waals surface area contributed by atoms with Crippen molar-refractivity contribution in [1.82, 2.24) is 4.90 Å². The molecule has 3 nitrogen and oxygen atoms in total. The summed E-state index contributed by atoms with van der Waals surface area (Å²) in [7, 11) is 1.80. The van der Waals surface area contributed by atoms with E-state index in [1.165, 1.54) is 0 Å². The highest BCUT2D eigenvalue weighted by atomic mass is 16.5. The predicted molar refractivity (Wildman–Crippen MR) is 84.8 cm³/mol. The number of likely N-dealkylation sites (N-methyl/N-ethyl adjacent to an activating group) is 1. The summed E-state index contributed by atoms with van der Waals surface area (Å²) in [5.41, 5.74) is 2.97. The monoisotopic (exact) mass is 283 g/mol. The predicted octanol–water partition coefficient (Wildman–Crippen LogP) is 3.45. The summed E-state index contributed by atoms with van der Waals surface area (Å²) in [5, 5.41) is 0. The highest BCUT2D eigenvalue weighted by molar-refractivity contribution is 5.94. The molecule has 0 fully saturated rings. The fourth-order valence-electron chi connectivity index (χ4n) is 2.11. The van der Waals surface area contributed by atoms with E-state index in [0.29, 0.717) is 18.7 Å². The number of carbonyl (C=O) groups is 1. The Hall–Kier alpha value is -2.29. The lowest BCUT2D eigenvalue weighted by Gasteiger charge is -2.18. The smallest absolute Gasteiger partial charge is 0.253 e. The van der Waals surface area contributed by atoms with Crippen molar-refractivity contribution in [3.63, 3.8) is 0 Å². The Bertz CT molecular complexity index is 622. The van der Waals surface area contributed by atoms with Crippen LogP contribution in [0.2, 0.25) is 0 Å². The Kier molecular flexibility index (Phi) is 4.99. The number of hydrogen-bond donors (Lipinski definition) is 0. The number of ether oxygens (including phenoxy) is 1. The number of rotatable bonds is 5. The standard InChI is InChI=1S/C18H21NO2/c1-14-6-4-8-16(12-14)18(20)19(3)10-11-21-17-9-5-7-15(2)13-17/h4-9,12-13H,10-11H2,1-3H3. The molecule has 0 aliphatic carbocycles. The van der Waals surface area contributed by atoms with Gasteiger partial charge >= 0.3 is 0 Å². The van der Waals surface area contributed by atoms with E-state index in [9.17, 15) is 4.79 Å². The number of hydrogen-bond acceptors (Lipinski definition) is 2. The highest BCUT2D eigenvalue weighted by Crippen LogP contribution is 2.12. The van der Waals surface area contributed by atoms with Crippen molar-refractivity contribution in [1.29, 1.82) is 0 Å². The number of nitrogens with zero attached hydrogens (tertiary/aromatic N) is 1. The molecule has 0 heterocycles. The van der Waals surface area contributed by atoms with Crippen LogP contribution in [-0.2, 0) is 0 Å². The fourth-order valence-corrected chi connectivity index (χ4v) is 2.11. The fraction of sp³-hybridized carbons (Fsp3) is 0.278. The molecule has 0 atom stereocenters. The van der Waals surface area contributed by atoms with E-state index in [1.807, 2.05) is 62.4 Å². The van der Waals surface area contributed by atoms with Crippen LogP contribution < -0.4 is 4.74 Å². The average Bonchev–Trinajstić information content (AvgIpc) is 2.46. The van der Waals surface area contributed by atoms with E-state index in [1.54, 1.807) is 11.9 Å². The molecule has 3 heteroatoms.